The van der Waals surface area contributed by atoms with Crippen LogP contribution < -0.4 is 5.32 Å². The number of aliphatic hydroxyl groups excluding tert-OH is 1. The second kappa shape index (κ2) is 6.52. The monoisotopic (exact) mass is 294 g/mol. The summed E-state index contributed by atoms with van der Waals surface area (Å²) in [5.74, 6) is 1.72. The van der Waals surface area contributed by atoms with Crippen LogP contribution in [0.4, 0.5) is 4.79 Å². The Morgan fingerprint density at radius 2 is 2.10 bits per heavy atom. The van der Waals surface area contributed by atoms with Crippen molar-refractivity contribution >= 4 is 6.03 Å². The van der Waals surface area contributed by atoms with Crippen LogP contribution in [0.25, 0.3) is 0 Å². The number of carbonyl (C=O) groups excluding carboxylic acids is 1. The molecule has 0 radical (unpaired) electrons. The highest BCUT2D eigenvalue weighted by Gasteiger charge is 2.33. The molecule has 0 atom stereocenters. The number of urea groups is 1. The summed E-state index contributed by atoms with van der Waals surface area (Å²) < 4.78 is 5.46. The smallest absolute Gasteiger partial charge is 0.317 e. The van der Waals surface area contributed by atoms with Gasteiger partial charge in [-0.3, -0.25) is 0 Å². The summed E-state index contributed by atoms with van der Waals surface area (Å²) in [6, 6.07) is 1.93. The molecular weight excluding hydrogens is 268 g/mol. The minimum Gasteiger partial charge on any atom is -0.466 e. The van der Waals surface area contributed by atoms with Gasteiger partial charge in [-0.2, -0.15) is 0 Å². The molecule has 118 valence electrons. The van der Waals surface area contributed by atoms with Crippen molar-refractivity contribution < 1.29 is 14.3 Å². The van der Waals surface area contributed by atoms with Crippen molar-refractivity contribution in [2.75, 3.05) is 19.7 Å². The van der Waals surface area contributed by atoms with Gasteiger partial charge in [-0.05, 0) is 44.6 Å². The molecule has 0 bridgehead atoms. The van der Waals surface area contributed by atoms with Crippen molar-refractivity contribution in [3.05, 3.63) is 23.2 Å². The van der Waals surface area contributed by atoms with Gasteiger partial charge in [0.2, 0.25) is 0 Å². The van der Waals surface area contributed by atoms with E-state index in [1.807, 2.05) is 24.8 Å². The first-order chi connectivity index (χ1) is 9.99. The summed E-state index contributed by atoms with van der Waals surface area (Å²) in [6.07, 6.45) is 2.71. The Morgan fingerprint density at radius 3 is 2.57 bits per heavy atom. The summed E-state index contributed by atoms with van der Waals surface area (Å²) in [4.78, 5) is 14.0. The number of hydrogen-bond donors (Lipinski definition) is 2. The maximum absolute atomic E-state index is 12.2. The van der Waals surface area contributed by atoms with Gasteiger partial charge in [-0.25, -0.2) is 4.79 Å². The molecule has 0 aromatic carbocycles. The Hall–Kier alpha value is -1.49. The topological polar surface area (TPSA) is 65.7 Å². The van der Waals surface area contributed by atoms with Gasteiger partial charge in [0.15, 0.2) is 0 Å². The van der Waals surface area contributed by atoms with Crippen molar-refractivity contribution in [3.8, 4) is 0 Å². The highest BCUT2D eigenvalue weighted by atomic mass is 16.3. The van der Waals surface area contributed by atoms with Gasteiger partial charge in [0, 0.05) is 31.8 Å². The predicted molar refractivity (Wildman–Crippen MR) is 81.0 cm³/mol. The third-order valence-electron chi connectivity index (χ3n) is 4.77. The molecule has 1 aromatic heterocycles. The maximum Gasteiger partial charge on any atom is 0.317 e. The minimum atomic E-state index is -0.0316. The van der Waals surface area contributed by atoms with Gasteiger partial charge < -0.3 is 19.7 Å². The van der Waals surface area contributed by atoms with Crippen LogP contribution in [0.5, 0.6) is 0 Å². The molecule has 5 nitrogen and oxygen atoms in total. The number of amides is 2. The molecule has 0 spiro atoms. The number of hydrogen-bond acceptors (Lipinski definition) is 3. The fraction of sp³-hybridized carbons (Fsp3) is 0.688. The van der Waals surface area contributed by atoms with Gasteiger partial charge in [-0.1, -0.05) is 6.92 Å². The number of nitrogens with zero attached hydrogens (tertiary/aromatic N) is 1. The van der Waals surface area contributed by atoms with Crippen molar-refractivity contribution in [2.45, 2.75) is 46.6 Å². The SMILES string of the molecule is CCC1(CO)CCN(C(=O)NCc2cc(C)oc2C)CC1. The second-order valence-corrected chi connectivity index (χ2v) is 6.10. The largest absolute Gasteiger partial charge is 0.466 e. The number of rotatable bonds is 4. The Bertz CT molecular complexity index is 482. The molecule has 1 aromatic rings. The molecule has 5 heteroatoms. The van der Waals surface area contributed by atoms with E-state index < -0.39 is 0 Å². The number of furan rings is 1. The lowest BCUT2D eigenvalue weighted by atomic mass is 9.77. The Morgan fingerprint density at radius 1 is 1.43 bits per heavy atom. The van der Waals surface area contributed by atoms with E-state index in [2.05, 4.69) is 12.2 Å². The predicted octanol–water partition coefficient (Wildman–Crippen LogP) is 2.59. The van der Waals surface area contributed by atoms with Crippen molar-refractivity contribution in [1.82, 2.24) is 10.2 Å². The fourth-order valence-corrected chi connectivity index (χ4v) is 2.95. The number of likely N-dealkylation sites (tertiary alicyclic amines) is 1. The van der Waals surface area contributed by atoms with Gasteiger partial charge in [-0.15, -0.1) is 0 Å². The lowest BCUT2D eigenvalue weighted by Crippen LogP contribution is -2.48. The Labute approximate surface area is 126 Å². The van der Waals surface area contributed by atoms with Crippen molar-refractivity contribution in [1.29, 1.82) is 0 Å². The van der Waals surface area contributed by atoms with Crippen LogP contribution in [0, 0.1) is 19.3 Å². The molecule has 1 saturated heterocycles. The third-order valence-corrected chi connectivity index (χ3v) is 4.77. The van der Waals surface area contributed by atoms with Crippen molar-refractivity contribution in [3.63, 3.8) is 0 Å². The molecule has 1 fully saturated rings. The van der Waals surface area contributed by atoms with Crippen LogP contribution in [0.3, 0.4) is 0 Å². The zero-order valence-corrected chi connectivity index (χ0v) is 13.2. The standard InChI is InChI=1S/C16H26N2O3/c1-4-16(11-19)5-7-18(8-6-16)15(20)17-10-14-9-12(2)21-13(14)3/h9,19H,4-8,10-11H2,1-3H3,(H,17,20). The molecule has 2 heterocycles. The van der Waals surface area contributed by atoms with Crippen LogP contribution >= 0.6 is 0 Å². The average Bonchev–Trinajstić information content (AvgIpc) is 2.82. The molecule has 1 aliphatic rings. The molecule has 2 amide bonds. The number of aliphatic hydroxyl groups is 1. The Kier molecular flexibility index (Phi) is 4.93. The highest BCUT2D eigenvalue weighted by Crippen LogP contribution is 2.34. The molecule has 0 unspecified atom stereocenters. The van der Waals surface area contributed by atoms with Gasteiger partial charge in [0.25, 0.3) is 0 Å². The Balaban J connectivity index is 1.84. The van der Waals surface area contributed by atoms with Crippen LogP contribution in [0.15, 0.2) is 10.5 Å². The number of carbonyl (C=O) groups is 1. The zero-order chi connectivity index (χ0) is 15.5. The lowest BCUT2D eigenvalue weighted by Gasteiger charge is -2.40. The van der Waals surface area contributed by atoms with E-state index in [1.165, 1.54) is 0 Å². The average molecular weight is 294 g/mol. The number of aryl methyl sites for hydroxylation is 2. The normalized spacial score (nSPS) is 17.8. The van der Waals surface area contributed by atoms with E-state index in [0.717, 1.165) is 36.3 Å². The van der Waals surface area contributed by atoms with Crippen molar-refractivity contribution in [2.24, 2.45) is 5.41 Å². The molecule has 2 rings (SSSR count). The summed E-state index contributed by atoms with van der Waals surface area (Å²) in [7, 11) is 0. The molecule has 21 heavy (non-hydrogen) atoms. The first-order valence-corrected chi connectivity index (χ1v) is 7.69. The molecule has 1 aliphatic heterocycles. The van der Waals surface area contributed by atoms with E-state index in [0.29, 0.717) is 19.6 Å². The maximum atomic E-state index is 12.2. The fourth-order valence-electron chi connectivity index (χ4n) is 2.95. The number of nitrogens with one attached hydrogen (secondary N) is 1. The minimum absolute atomic E-state index is 0.00897. The third kappa shape index (κ3) is 3.59. The van der Waals surface area contributed by atoms with E-state index in [9.17, 15) is 9.90 Å². The van der Waals surface area contributed by atoms with E-state index >= 15 is 0 Å². The van der Waals surface area contributed by atoms with Crippen LogP contribution in [0.1, 0.15) is 43.3 Å². The van der Waals surface area contributed by atoms with Gasteiger partial charge >= 0.3 is 6.03 Å². The first kappa shape index (κ1) is 15.9. The van der Waals surface area contributed by atoms with E-state index in [-0.39, 0.29) is 18.1 Å². The molecule has 2 N–H and O–H groups in total. The van der Waals surface area contributed by atoms with Crippen LogP contribution in [0.2, 0.25) is 0 Å². The number of piperidine rings is 1. The van der Waals surface area contributed by atoms with E-state index in [4.69, 9.17) is 4.42 Å². The van der Waals surface area contributed by atoms with Gasteiger partial charge in [0.1, 0.15) is 11.5 Å². The zero-order valence-electron chi connectivity index (χ0n) is 13.2. The summed E-state index contributed by atoms with van der Waals surface area (Å²) in [5.41, 5.74) is 1.03. The highest BCUT2D eigenvalue weighted by molar-refractivity contribution is 5.74. The van der Waals surface area contributed by atoms with Gasteiger partial charge in [0.05, 0.1) is 0 Å². The quantitative estimate of drug-likeness (QED) is 0.897. The molecule has 0 saturated carbocycles. The molecular formula is C16H26N2O3. The summed E-state index contributed by atoms with van der Waals surface area (Å²) in [6.45, 7) is 8.06. The summed E-state index contributed by atoms with van der Waals surface area (Å²) >= 11 is 0. The summed E-state index contributed by atoms with van der Waals surface area (Å²) in [5, 5.41) is 12.5. The molecule has 0 aliphatic carbocycles. The van der Waals surface area contributed by atoms with Crippen LogP contribution in [-0.2, 0) is 6.54 Å². The first-order valence-electron chi connectivity index (χ1n) is 7.69. The lowest BCUT2D eigenvalue weighted by molar-refractivity contribution is 0.0519. The van der Waals surface area contributed by atoms with Crippen LogP contribution in [-0.4, -0.2) is 35.7 Å². The second-order valence-electron chi connectivity index (χ2n) is 6.10. The van der Waals surface area contributed by atoms with E-state index in [1.54, 1.807) is 0 Å².